The largest absolute Gasteiger partial charge is 0.496 e. The Balaban J connectivity index is 1.87. The standard InChI is InChI=1S/C17H26FN3O3/c1-23-15(11-19)10-17(22)21-7-5-20(6-8-21)12-13-9-14(18)3-4-16(13)24-2/h3-4,9,15H,5-8,10-12,19H2,1-2H3. The number of benzene rings is 1. The highest BCUT2D eigenvalue weighted by atomic mass is 19.1. The van der Waals surface area contributed by atoms with Crippen LogP contribution < -0.4 is 10.5 Å². The number of hydrogen-bond acceptors (Lipinski definition) is 5. The summed E-state index contributed by atoms with van der Waals surface area (Å²) in [6.07, 6.45) is 0.0807. The number of halogens is 1. The zero-order valence-electron chi connectivity index (χ0n) is 14.3. The lowest BCUT2D eigenvalue weighted by Gasteiger charge is -2.35. The normalized spacial score (nSPS) is 16.9. The molecule has 7 heteroatoms. The summed E-state index contributed by atoms with van der Waals surface area (Å²) in [4.78, 5) is 16.3. The van der Waals surface area contributed by atoms with Crippen LogP contribution >= 0.6 is 0 Å². The Kier molecular flexibility index (Phi) is 6.96. The second kappa shape index (κ2) is 8.96. The second-order valence-electron chi connectivity index (χ2n) is 5.91. The van der Waals surface area contributed by atoms with Crippen molar-refractivity contribution in [3.8, 4) is 5.75 Å². The zero-order chi connectivity index (χ0) is 17.5. The average molecular weight is 339 g/mol. The van der Waals surface area contributed by atoms with Crippen molar-refractivity contribution in [2.75, 3.05) is 46.9 Å². The monoisotopic (exact) mass is 339 g/mol. The first-order valence-electron chi connectivity index (χ1n) is 8.12. The van der Waals surface area contributed by atoms with Gasteiger partial charge in [-0.05, 0) is 18.2 Å². The summed E-state index contributed by atoms with van der Waals surface area (Å²) < 4.78 is 23.9. The van der Waals surface area contributed by atoms with E-state index in [2.05, 4.69) is 4.90 Å². The van der Waals surface area contributed by atoms with Crippen LogP contribution in [0.2, 0.25) is 0 Å². The maximum Gasteiger partial charge on any atom is 0.225 e. The lowest BCUT2D eigenvalue weighted by molar-refractivity contribution is -0.135. The number of piperazine rings is 1. The van der Waals surface area contributed by atoms with Crippen molar-refractivity contribution >= 4 is 5.91 Å². The van der Waals surface area contributed by atoms with Crippen LogP contribution in [0, 0.1) is 5.82 Å². The summed E-state index contributed by atoms with van der Waals surface area (Å²) >= 11 is 0. The van der Waals surface area contributed by atoms with Crippen LogP contribution in [-0.4, -0.2) is 68.8 Å². The SMILES string of the molecule is COc1ccc(F)cc1CN1CCN(C(=O)CC(CN)OC)CC1. The van der Waals surface area contributed by atoms with E-state index in [-0.39, 0.29) is 17.8 Å². The number of carbonyl (C=O) groups excluding carboxylic acids is 1. The van der Waals surface area contributed by atoms with Gasteiger partial charge in [0.25, 0.3) is 0 Å². The first-order valence-corrected chi connectivity index (χ1v) is 8.12. The number of nitrogens with two attached hydrogens (primary N) is 1. The molecule has 1 fully saturated rings. The first kappa shape index (κ1) is 18.6. The van der Waals surface area contributed by atoms with Crippen molar-refractivity contribution in [3.63, 3.8) is 0 Å². The van der Waals surface area contributed by atoms with Gasteiger partial charge in [-0.15, -0.1) is 0 Å². The number of hydrogen-bond donors (Lipinski definition) is 1. The Morgan fingerprint density at radius 3 is 2.58 bits per heavy atom. The molecule has 1 aliphatic rings. The fourth-order valence-corrected chi connectivity index (χ4v) is 2.85. The maximum atomic E-state index is 13.4. The van der Waals surface area contributed by atoms with Crippen LogP contribution in [-0.2, 0) is 16.1 Å². The van der Waals surface area contributed by atoms with Crippen molar-refractivity contribution in [2.24, 2.45) is 5.73 Å². The van der Waals surface area contributed by atoms with Crippen molar-refractivity contribution in [1.29, 1.82) is 0 Å². The van der Waals surface area contributed by atoms with Crippen molar-refractivity contribution in [1.82, 2.24) is 9.80 Å². The Labute approximate surface area is 142 Å². The molecule has 0 spiro atoms. The fraction of sp³-hybridized carbons (Fsp3) is 0.588. The minimum Gasteiger partial charge on any atom is -0.496 e. The van der Waals surface area contributed by atoms with Gasteiger partial charge in [-0.2, -0.15) is 0 Å². The van der Waals surface area contributed by atoms with Crippen LogP contribution in [0.5, 0.6) is 5.75 Å². The highest BCUT2D eigenvalue weighted by Gasteiger charge is 2.23. The Morgan fingerprint density at radius 2 is 2.00 bits per heavy atom. The molecule has 6 nitrogen and oxygen atoms in total. The molecule has 1 aliphatic heterocycles. The van der Waals surface area contributed by atoms with E-state index in [1.54, 1.807) is 20.3 Å². The van der Waals surface area contributed by atoms with Crippen LogP contribution in [0.4, 0.5) is 4.39 Å². The smallest absolute Gasteiger partial charge is 0.225 e. The molecular weight excluding hydrogens is 313 g/mol. The third-order valence-electron chi connectivity index (χ3n) is 4.36. The van der Waals surface area contributed by atoms with Crippen molar-refractivity contribution < 1.29 is 18.7 Å². The minimum absolute atomic E-state index is 0.0651. The second-order valence-corrected chi connectivity index (χ2v) is 5.91. The quantitative estimate of drug-likeness (QED) is 0.797. The molecule has 1 saturated heterocycles. The van der Waals surface area contributed by atoms with E-state index in [0.717, 1.165) is 18.7 Å². The number of methoxy groups -OCH3 is 2. The van der Waals surface area contributed by atoms with E-state index >= 15 is 0 Å². The summed E-state index contributed by atoms with van der Waals surface area (Å²) in [7, 11) is 3.14. The molecular formula is C17H26FN3O3. The summed E-state index contributed by atoms with van der Waals surface area (Å²) in [6.45, 7) is 3.72. The van der Waals surface area contributed by atoms with Crippen molar-refractivity contribution in [2.45, 2.75) is 19.1 Å². The van der Waals surface area contributed by atoms with Gasteiger partial charge in [0, 0.05) is 51.9 Å². The van der Waals surface area contributed by atoms with E-state index < -0.39 is 0 Å². The molecule has 24 heavy (non-hydrogen) atoms. The fourth-order valence-electron chi connectivity index (χ4n) is 2.85. The summed E-state index contributed by atoms with van der Waals surface area (Å²) in [5.74, 6) is 0.475. The molecule has 2 rings (SSSR count). The lowest BCUT2D eigenvalue weighted by atomic mass is 10.1. The molecule has 0 radical (unpaired) electrons. The van der Waals surface area contributed by atoms with Crippen LogP contribution in [0.15, 0.2) is 18.2 Å². The molecule has 1 atom stereocenters. The molecule has 1 aromatic rings. The Hall–Kier alpha value is -1.70. The highest BCUT2D eigenvalue weighted by Crippen LogP contribution is 2.21. The topological polar surface area (TPSA) is 68.0 Å². The van der Waals surface area contributed by atoms with Gasteiger partial charge in [-0.25, -0.2) is 4.39 Å². The average Bonchev–Trinajstić information content (AvgIpc) is 2.60. The molecule has 2 N–H and O–H groups in total. The van der Waals surface area contributed by atoms with Crippen LogP contribution in [0.25, 0.3) is 0 Å². The molecule has 0 bridgehead atoms. The molecule has 1 amide bonds. The molecule has 0 aromatic heterocycles. The molecule has 1 heterocycles. The van der Waals surface area contributed by atoms with Gasteiger partial charge < -0.3 is 20.1 Å². The molecule has 1 aromatic carbocycles. The third kappa shape index (κ3) is 4.90. The summed E-state index contributed by atoms with van der Waals surface area (Å²) in [5, 5.41) is 0. The van der Waals surface area contributed by atoms with Crippen molar-refractivity contribution in [3.05, 3.63) is 29.6 Å². The van der Waals surface area contributed by atoms with Gasteiger partial charge in [0.2, 0.25) is 5.91 Å². The van der Waals surface area contributed by atoms with Gasteiger partial charge in [0.1, 0.15) is 11.6 Å². The Morgan fingerprint density at radius 1 is 1.29 bits per heavy atom. The van der Waals surface area contributed by atoms with Gasteiger partial charge in [-0.3, -0.25) is 9.69 Å². The third-order valence-corrected chi connectivity index (χ3v) is 4.36. The van der Waals surface area contributed by atoms with E-state index in [0.29, 0.717) is 38.3 Å². The van der Waals surface area contributed by atoms with E-state index in [9.17, 15) is 9.18 Å². The summed E-state index contributed by atoms with van der Waals surface area (Å²) in [6, 6.07) is 4.53. The maximum absolute atomic E-state index is 13.4. The van der Waals surface area contributed by atoms with Gasteiger partial charge in [-0.1, -0.05) is 0 Å². The van der Waals surface area contributed by atoms with Gasteiger partial charge in [0.15, 0.2) is 0 Å². The first-order chi connectivity index (χ1) is 11.6. The summed E-state index contributed by atoms with van der Waals surface area (Å²) in [5.41, 5.74) is 6.38. The number of carbonyl (C=O) groups is 1. The zero-order valence-corrected chi connectivity index (χ0v) is 14.3. The van der Waals surface area contributed by atoms with Gasteiger partial charge in [0.05, 0.1) is 19.6 Å². The number of amides is 1. The van der Waals surface area contributed by atoms with E-state index in [1.807, 2.05) is 4.90 Å². The highest BCUT2D eigenvalue weighted by molar-refractivity contribution is 5.76. The lowest BCUT2D eigenvalue weighted by Crippen LogP contribution is -2.49. The number of nitrogens with zero attached hydrogens (tertiary/aromatic N) is 2. The minimum atomic E-state index is -0.271. The van der Waals surface area contributed by atoms with Gasteiger partial charge >= 0.3 is 0 Å². The molecule has 134 valence electrons. The molecule has 1 unspecified atom stereocenters. The van der Waals surface area contributed by atoms with E-state index in [4.69, 9.17) is 15.2 Å². The van der Waals surface area contributed by atoms with E-state index in [1.165, 1.54) is 12.1 Å². The van der Waals surface area contributed by atoms with Crippen LogP contribution in [0.3, 0.4) is 0 Å². The number of rotatable bonds is 7. The number of ether oxygens (including phenoxy) is 2. The molecule has 0 saturated carbocycles. The Bertz CT molecular complexity index is 544. The molecule has 0 aliphatic carbocycles. The predicted octanol–water partition coefficient (Wildman–Crippen LogP) is 0.842. The predicted molar refractivity (Wildman–Crippen MR) is 89.3 cm³/mol. The van der Waals surface area contributed by atoms with Crippen LogP contribution in [0.1, 0.15) is 12.0 Å².